The molecule has 0 saturated heterocycles. The van der Waals surface area contributed by atoms with Gasteiger partial charge >= 0.3 is 0 Å². The van der Waals surface area contributed by atoms with Gasteiger partial charge in [0.15, 0.2) is 30.5 Å². The number of nitrogens with zero attached hydrogens (tertiary/aromatic N) is 2. The summed E-state index contributed by atoms with van der Waals surface area (Å²) >= 11 is 6.23. The van der Waals surface area contributed by atoms with Gasteiger partial charge in [-0.3, -0.25) is 4.79 Å². The normalized spacial score (nSPS) is 16.1. The molecule has 0 spiro atoms. The zero-order chi connectivity index (χ0) is 23.7. The maximum Gasteiger partial charge on any atom is 0.233 e. The number of hydrogen-bond acceptors (Lipinski definition) is 7. The molecule has 11 heteroatoms. The van der Waals surface area contributed by atoms with Crippen molar-refractivity contribution >= 4 is 43.0 Å². The molecule has 32 heavy (non-hydrogen) atoms. The van der Waals surface area contributed by atoms with Crippen LogP contribution in [0, 0.1) is 12.8 Å². The van der Waals surface area contributed by atoms with Gasteiger partial charge in [-0.2, -0.15) is 0 Å². The maximum absolute atomic E-state index is 13.3. The number of aromatic nitrogens is 2. The van der Waals surface area contributed by atoms with Crippen LogP contribution in [0.4, 0.5) is 5.82 Å². The van der Waals surface area contributed by atoms with Crippen molar-refractivity contribution in [2.45, 2.75) is 54.9 Å². The van der Waals surface area contributed by atoms with E-state index in [9.17, 15) is 21.6 Å². The zero-order valence-corrected chi connectivity index (χ0v) is 20.5. The van der Waals surface area contributed by atoms with Gasteiger partial charge < -0.3 is 5.32 Å². The molecule has 3 rings (SSSR count). The molecule has 1 saturated carbocycles. The number of aryl methyl sites for hydroxylation is 1. The Bertz CT molecular complexity index is 1240. The summed E-state index contributed by atoms with van der Waals surface area (Å²) in [6.45, 7) is 1.57. The molecule has 0 unspecified atom stereocenters. The van der Waals surface area contributed by atoms with Crippen LogP contribution in [0.2, 0.25) is 5.02 Å². The van der Waals surface area contributed by atoms with E-state index in [-0.39, 0.29) is 32.4 Å². The molecule has 1 aromatic carbocycles. The van der Waals surface area contributed by atoms with Crippen molar-refractivity contribution in [3.05, 3.63) is 40.7 Å². The van der Waals surface area contributed by atoms with Crippen LogP contribution in [0.1, 0.15) is 49.3 Å². The molecular weight excluding hydrogens is 474 g/mol. The Morgan fingerprint density at radius 2 is 1.81 bits per heavy atom. The molecule has 1 N–H and O–H groups in total. The Morgan fingerprint density at radius 3 is 2.34 bits per heavy atom. The number of nitrogens with one attached hydrogen (secondary N) is 1. The molecule has 1 fully saturated rings. The molecule has 174 valence electrons. The topological polar surface area (TPSA) is 123 Å². The monoisotopic (exact) mass is 499 g/mol. The summed E-state index contributed by atoms with van der Waals surface area (Å²) < 4.78 is 47.2. The number of halogens is 1. The Morgan fingerprint density at radius 1 is 1.16 bits per heavy atom. The minimum Gasteiger partial charge on any atom is -0.309 e. The van der Waals surface area contributed by atoms with Crippen molar-refractivity contribution in [1.29, 1.82) is 0 Å². The summed E-state index contributed by atoms with van der Waals surface area (Å²) in [6.07, 6.45) is 8.11. The van der Waals surface area contributed by atoms with Crippen molar-refractivity contribution in [3.8, 4) is 0 Å². The largest absolute Gasteiger partial charge is 0.309 e. The first-order valence-corrected chi connectivity index (χ1v) is 14.4. The molecule has 0 aliphatic heterocycles. The summed E-state index contributed by atoms with van der Waals surface area (Å²) in [5, 5.41) is 2.66. The van der Waals surface area contributed by atoms with E-state index in [4.69, 9.17) is 11.6 Å². The van der Waals surface area contributed by atoms with E-state index in [1.165, 1.54) is 12.1 Å². The number of rotatable bonds is 7. The smallest absolute Gasteiger partial charge is 0.233 e. The number of anilines is 1. The fourth-order valence-corrected chi connectivity index (χ4v) is 5.86. The van der Waals surface area contributed by atoms with Gasteiger partial charge in [0.1, 0.15) is 0 Å². The molecule has 1 amide bonds. The predicted octanol–water partition coefficient (Wildman–Crippen LogP) is 3.55. The number of sulfone groups is 2. The van der Waals surface area contributed by atoms with Crippen LogP contribution in [0.15, 0.2) is 34.3 Å². The third-order valence-electron chi connectivity index (χ3n) is 5.66. The molecule has 0 radical (unpaired) electrons. The highest BCUT2D eigenvalue weighted by Crippen LogP contribution is 2.36. The van der Waals surface area contributed by atoms with E-state index in [2.05, 4.69) is 15.3 Å². The van der Waals surface area contributed by atoms with Gasteiger partial charge in [-0.15, -0.1) is 0 Å². The van der Waals surface area contributed by atoms with Gasteiger partial charge in [-0.05, 0) is 37.0 Å². The van der Waals surface area contributed by atoms with Crippen LogP contribution in [0.3, 0.4) is 0 Å². The molecule has 1 aromatic heterocycles. The van der Waals surface area contributed by atoms with Crippen molar-refractivity contribution in [2.75, 3.05) is 17.8 Å². The lowest BCUT2D eigenvalue weighted by molar-refractivity contribution is -0.118. The second kappa shape index (κ2) is 9.44. The molecule has 1 atom stereocenters. The fourth-order valence-electron chi connectivity index (χ4n) is 3.97. The van der Waals surface area contributed by atoms with E-state index in [1.54, 1.807) is 13.0 Å². The van der Waals surface area contributed by atoms with Crippen LogP contribution in [-0.2, 0) is 24.5 Å². The van der Waals surface area contributed by atoms with Gasteiger partial charge in [-0.1, -0.05) is 43.4 Å². The summed E-state index contributed by atoms with van der Waals surface area (Å²) in [6, 6.07) is 4.57. The van der Waals surface area contributed by atoms with E-state index in [0.29, 0.717) is 17.9 Å². The van der Waals surface area contributed by atoms with Gasteiger partial charge in [0, 0.05) is 12.5 Å². The highest BCUT2D eigenvalue weighted by Gasteiger charge is 2.28. The second-order valence-corrected chi connectivity index (χ2v) is 12.7. The lowest BCUT2D eigenvalue weighted by Crippen LogP contribution is -2.24. The van der Waals surface area contributed by atoms with Crippen LogP contribution < -0.4 is 5.32 Å². The lowest BCUT2D eigenvalue weighted by Gasteiger charge is -2.21. The molecule has 1 aliphatic rings. The number of benzene rings is 1. The van der Waals surface area contributed by atoms with Gasteiger partial charge in [0.2, 0.25) is 5.91 Å². The average molecular weight is 500 g/mol. The van der Waals surface area contributed by atoms with Crippen LogP contribution in [0.25, 0.3) is 0 Å². The van der Waals surface area contributed by atoms with E-state index in [0.717, 1.165) is 44.4 Å². The molecule has 0 bridgehead atoms. The molecule has 2 aromatic rings. The summed E-state index contributed by atoms with van der Waals surface area (Å²) in [4.78, 5) is 21.4. The fraction of sp³-hybridized carbons (Fsp3) is 0.476. The summed E-state index contributed by atoms with van der Waals surface area (Å²) in [5.74, 6) is -0.346. The number of carbonyl (C=O) groups is 1. The second-order valence-electron chi connectivity index (χ2n) is 8.30. The molecular formula is C21H26ClN3O5S2. The number of amides is 1. The Labute approximate surface area is 193 Å². The van der Waals surface area contributed by atoms with E-state index < -0.39 is 25.6 Å². The van der Waals surface area contributed by atoms with Gasteiger partial charge in [0.25, 0.3) is 0 Å². The van der Waals surface area contributed by atoms with E-state index >= 15 is 0 Å². The first-order chi connectivity index (χ1) is 14.9. The van der Waals surface area contributed by atoms with E-state index in [1.807, 2.05) is 0 Å². The average Bonchev–Trinajstić information content (AvgIpc) is 3.19. The SMILES string of the molecule is Cc1nc(S(C)(=O)=O)cnc1NC(=O)[C@H](CC1CCCC1)c1ccc(S(C)(=O)=O)c(Cl)c1. The van der Waals surface area contributed by atoms with Crippen LogP contribution in [0.5, 0.6) is 0 Å². The summed E-state index contributed by atoms with van der Waals surface area (Å²) in [5.41, 5.74) is 0.900. The third-order valence-corrected chi connectivity index (χ3v) is 8.20. The molecule has 8 nitrogen and oxygen atoms in total. The van der Waals surface area contributed by atoms with Gasteiger partial charge in [-0.25, -0.2) is 26.8 Å². The minimum absolute atomic E-state index is 0.0148. The van der Waals surface area contributed by atoms with Crippen molar-refractivity contribution < 1.29 is 21.6 Å². The van der Waals surface area contributed by atoms with Crippen molar-refractivity contribution in [3.63, 3.8) is 0 Å². The molecule has 1 heterocycles. The van der Waals surface area contributed by atoms with Crippen molar-refractivity contribution in [1.82, 2.24) is 9.97 Å². The Balaban J connectivity index is 1.92. The molecule has 1 aliphatic carbocycles. The first kappa shape index (κ1) is 24.6. The number of carbonyl (C=O) groups excluding carboxylic acids is 1. The van der Waals surface area contributed by atoms with Gasteiger partial charge in [0.05, 0.1) is 27.7 Å². The predicted molar refractivity (Wildman–Crippen MR) is 122 cm³/mol. The van der Waals surface area contributed by atoms with Crippen molar-refractivity contribution in [2.24, 2.45) is 5.92 Å². The van der Waals surface area contributed by atoms with Crippen LogP contribution in [-0.4, -0.2) is 45.2 Å². The quantitative estimate of drug-likeness (QED) is 0.617. The zero-order valence-electron chi connectivity index (χ0n) is 18.1. The Kier molecular flexibility index (Phi) is 7.26. The highest BCUT2D eigenvalue weighted by molar-refractivity contribution is 7.91. The first-order valence-electron chi connectivity index (χ1n) is 10.2. The standard InChI is InChI=1S/C21H26ClN3O5S2/c1-13-20(23-12-19(24-13)32(3,29)30)25-21(26)16(10-14-6-4-5-7-14)15-8-9-18(17(22)11-15)31(2,27)28/h8-9,11-12,14,16H,4-7,10H2,1-3H3,(H,23,25,26)/t16-/m1/s1. The summed E-state index contributed by atoms with van der Waals surface area (Å²) in [7, 11) is -7.01. The minimum atomic E-state index is -3.52. The lowest BCUT2D eigenvalue weighted by atomic mass is 9.87. The van der Waals surface area contributed by atoms with Crippen LogP contribution >= 0.6 is 11.6 Å². The maximum atomic E-state index is 13.3. The third kappa shape index (κ3) is 5.85. The Hall–Kier alpha value is -2.04. The highest BCUT2D eigenvalue weighted by atomic mass is 35.5. The number of hydrogen-bond donors (Lipinski definition) is 1.